The van der Waals surface area contributed by atoms with Gasteiger partial charge in [0.25, 0.3) is 11.8 Å². The molecule has 0 unspecified atom stereocenters. The SMILES string of the molecule is CCc1ccc(CNC(=O)c2ccc3c(c2)OCC(=O)N3)s1. The third-order valence-electron chi connectivity index (χ3n) is 3.37. The van der Waals surface area contributed by atoms with Gasteiger partial charge >= 0.3 is 0 Å². The molecule has 2 amide bonds. The van der Waals surface area contributed by atoms with E-state index in [0.717, 1.165) is 11.3 Å². The number of carbonyl (C=O) groups is 2. The van der Waals surface area contributed by atoms with Gasteiger partial charge in [-0.2, -0.15) is 0 Å². The average molecular weight is 316 g/mol. The summed E-state index contributed by atoms with van der Waals surface area (Å²) in [5.74, 6) is 0.181. The van der Waals surface area contributed by atoms with Crippen molar-refractivity contribution in [2.75, 3.05) is 11.9 Å². The molecular weight excluding hydrogens is 300 g/mol. The second-order valence-corrected chi connectivity index (χ2v) is 6.20. The van der Waals surface area contributed by atoms with Gasteiger partial charge in [-0.1, -0.05) is 6.92 Å². The Labute approximate surface area is 132 Å². The fourth-order valence-electron chi connectivity index (χ4n) is 2.19. The van der Waals surface area contributed by atoms with Crippen LogP contribution in [0.4, 0.5) is 5.69 Å². The minimum atomic E-state index is -0.186. The lowest BCUT2D eigenvalue weighted by atomic mass is 10.1. The summed E-state index contributed by atoms with van der Waals surface area (Å²) < 4.78 is 5.32. The molecule has 0 bridgehead atoms. The molecule has 5 nitrogen and oxygen atoms in total. The molecule has 1 aliphatic rings. The zero-order valence-corrected chi connectivity index (χ0v) is 13.0. The van der Waals surface area contributed by atoms with Crippen LogP contribution in [-0.4, -0.2) is 18.4 Å². The van der Waals surface area contributed by atoms with E-state index in [9.17, 15) is 9.59 Å². The van der Waals surface area contributed by atoms with Crippen LogP contribution in [0.5, 0.6) is 5.75 Å². The molecule has 3 rings (SSSR count). The van der Waals surface area contributed by atoms with E-state index in [-0.39, 0.29) is 18.4 Å². The Hall–Kier alpha value is -2.34. The van der Waals surface area contributed by atoms with E-state index in [1.807, 2.05) is 6.07 Å². The van der Waals surface area contributed by atoms with Gasteiger partial charge in [0, 0.05) is 15.3 Å². The predicted octanol–water partition coefficient (Wildman–Crippen LogP) is 2.57. The van der Waals surface area contributed by atoms with E-state index in [4.69, 9.17) is 4.74 Å². The fourth-order valence-corrected chi connectivity index (χ4v) is 3.09. The number of benzene rings is 1. The number of anilines is 1. The summed E-state index contributed by atoms with van der Waals surface area (Å²) in [4.78, 5) is 25.9. The minimum Gasteiger partial charge on any atom is -0.482 e. The first-order valence-electron chi connectivity index (χ1n) is 7.08. The number of ether oxygens (including phenoxy) is 1. The van der Waals surface area contributed by atoms with Crippen molar-refractivity contribution in [2.45, 2.75) is 19.9 Å². The number of rotatable bonds is 4. The lowest BCUT2D eigenvalue weighted by Crippen LogP contribution is -2.26. The molecule has 114 valence electrons. The molecule has 0 saturated carbocycles. The van der Waals surface area contributed by atoms with Crippen LogP contribution in [0.1, 0.15) is 27.0 Å². The van der Waals surface area contributed by atoms with Crippen molar-refractivity contribution in [3.63, 3.8) is 0 Å². The van der Waals surface area contributed by atoms with E-state index < -0.39 is 0 Å². The van der Waals surface area contributed by atoms with Crippen LogP contribution in [-0.2, 0) is 17.8 Å². The Morgan fingerprint density at radius 1 is 1.32 bits per heavy atom. The molecule has 1 aliphatic heterocycles. The summed E-state index contributed by atoms with van der Waals surface area (Å²) in [5.41, 5.74) is 1.11. The molecule has 0 atom stereocenters. The third kappa shape index (κ3) is 3.12. The van der Waals surface area contributed by atoms with Crippen LogP contribution in [0.3, 0.4) is 0 Å². The van der Waals surface area contributed by atoms with Gasteiger partial charge in [-0.05, 0) is 36.8 Å². The molecule has 1 aromatic carbocycles. The second-order valence-electron chi connectivity index (χ2n) is 4.95. The number of fused-ring (bicyclic) bond motifs is 1. The highest BCUT2D eigenvalue weighted by Crippen LogP contribution is 2.28. The van der Waals surface area contributed by atoms with Crippen LogP contribution in [0.25, 0.3) is 0 Å². The lowest BCUT2D eigenvalue weighted by Gasteiger charge is -2.18. The molecule has 0 radical (unpaired) electrons. The van der Waals surface area contributed by atoms with Crippen molar-refractivity contribution < 1.29 is 14.3 Å². The molecular formula is C16H16N2O3S. The molecule has 2 aromatic rings. The Balaban J connectivity index is 1.66. The zero-order chi connectivity index (χ0) is 15.5. The topological polar surface area (TPSA) is 67.4 Å². The number of hydrogen-bond donors (Lipinski definition) is 2. The summed E-state index contributed by atoms with van der Waals surface area (Å²) in [7, 11) is 0. The van der Waals surface area contributed by atoms with Crippen molar-refractivity contribution in [1.29, 1.82) is 0 Å². The van der Waals surface area contributed by atoms with E-state index >= 15 is 0 Å². The van der Waals surface area contributed by atoms with Crippen LogP contribution in [0, 0.1) is 0 Å². The minimum absolute atomic E-state index is 0.0208. The molecule has 22 heavy (non-hydrogen) atoms. The first-order chi connectivity index (χ1) is 10.7. The van der Waals surface area contributed by atoms with Crippen molar-refractivity contribution in [3.05, 3.63) is 45.6 Å². The first kappa shape index (κ1) is 14.6. The van der Waals surface area contributed by atoms with E-state index in [1.54, 1.807) is 29.5 Å². The largest absolute Gasteiger partial charge is 0.482 e. The van der Waals surface area contributed by atoms with Crippen LogP contribution >= 0.6 is 11.3 Å². The molecule has 2 heterocycles. The molecule has 0 fully saturated rings. The van der Waals surface area contributed by atoms with Gasteiger partial charge in [0.1, 0.15) is 5.75 Å². The maximum atomic E-state index is 12.2. The molecule has 0 saturated heterocycles. The number of hydrogen-bond acceptors (Lipinski definition) is 4. The molecule has 2 N–H and O–H groups in total. The second kappa shape index (κ2) is 6.19. The highest BCUT2D eigenvalue weighted by Gasteiger charge is 2.17. The standard InChI is InChI=1S/C16H16N2O3S/c1-2-11-4-5-12(22-11)8-17-16(20)10-3-6-13-14(7-10)21-9-15(19)18-13/h3-7H,2,8-9H2,1H3,(H,17,20)(H,18,19). The van der Waals surface area contributed by atoms with Gasteiger partial charge in [-0.15, -0.1) is 11.3 Å². The van der Waals surface area contributed by atoms with E-state index in [0.29, 0.717) is 23.5 Å². The van der Waals surface area contributed by atoms with Crippen LogP contribution < -0.4 is 15.4 Å². The third-order valence-corrected chi connectivity index (χ3v) is 4.60. The summed E-state index contributed by atoms with van der Waals surface area (Å²) in [5, 5.41) is 5.60. The molecule has 0 aliphatic carbocycles. The zero-order valence-electron chi connectivity index (χ0n) is 12.1. The van der Waals surface area contributed by atoms with Crippen molar-refractivity contribution in [1.82, 2.24) is 5.32 Å². The number of thiophene rings is 1. The van der Waals surface area contributed by atoms with Gasteiger partial charge in [0.2, 0.25) is 0 Å². The Bertz CT molecular complexity index is 724. The summed E-state index contributed by atoms with van der Waals surface area (Å²) in [6.45, 7) is 2.60. The number of amides is 2. The van der Waals surface area contributed by atoms with Crippen LogP contribution in [0.15, 0.2) is 30.3 Å². The van der Waals surface area contributed by atoms with Crippen molar-refractivity contribution in [2.24, 2.45) is 0 Å². The summed E-state index contributed by atoms with van der Waals surface area (Å²) >= 11 is 1.71. The average Bonchev–Trinajstić information content (AvgIpc) is 3.00. The molecule has 0 spiro atoms. The fraction of sp³-hybridized carbons (Fsp3) is 0.250. The smallest absolute Gasteiger partial charge is 0.262 e. The van der Waals surface area contributed by atoms with Crippen LogP contribution in [0.2, 0.25) is 0 Å². The molecule has 6 heteroatoms. The maximum absolute atomic E-state index is 12.2. The van der Waals surface area contributed by atoms with Crippen molar-refractivity contribution in [3.8, 4) is 5.75 Å². The van der Waals surface area contributed by atoms with E-state index in [1.165, 1.54) is 4.88 Å². The number of nitrogens with one attached hydrogen (secondary N) is 2. The van der Waals surface area contributed by atoms with Gasteiger partial charge < -0.3 is 15.4 Å². The van der Waals surface area contributed by atoms with E-state index in [2.05, 4.69) is 23.6 Å². The number of aryl methyl sites for hydroxylation is 1. The van der Waals surface area contributed by atoms with Gasteiger partial charge in [-0.3, -0.25) is 9.59 Å². The Morgan fingerprint density at radius 2 is 2.14 bits per heavy atom. The summed E-state index contributed by atoms with van der Waals surface area (Å²) in [6, 6.07) is 9.13. The Kier molecular flexibility index (Phi) is 4.11. The first-order valence-corrected chi connectivity index (χ1v) is 7.90. The normalized spacial score (nSPS) is 13.0. The quantitative estimate of drug-likeness (QED) is 0.911. The number of carbonyl (C=O) groups excluding carboxylic acids is 2. The van der Waals surface area contributed by atoms with Gasteiger partial charge in [0.05, 0.1) is 12.2 Å². The Morgan fingerprint density at radius 3 is 2.91 bits per heavy atom. The maximum Gasteiger partial charge on any atom is 0.262 e. The van der Waals surface area contributed by atoms with Crippen molar-refractivity contribution >= 4 is 28.8 Å². The summed E-state index contributed by atoms with van der Waals surface area (Å²) in [6.07, 6.45) is 1.01. The highest BCUT2D eigenvalue weighted by molar-refractivity contribution is 7.11. The lowest BCUT2D eigenvalue weighted by molar-refractivity contribution is -0.118. The molecule has 1 aromatic heterocycles. The van der Waals surface area contributed by atoms with Gasteiger partial charge in [0.15, 0.2) is 6.61 Å². The highest BCUT2D eigenvalue weighted by atomic mass is 32.1. The predicted molar refractivity (Wildman–Crippen MR) is 85.4 cm³/mol. The monoisotopic (exact) mass is 316 g/mol. The van der Waals surface area contributed by atoms with Gasteiger partial charge in [-0.25, -0.2) is 0 Å².